The molecule has 0 aromatic heterocycles. The van der Waals surface area contributed by atoms with E-state index in [9.17, 15) is 4.79 Å². The molecular weight excluding hydrogens is 202 g/mol. The van der Waals surface area contributed by atoms with Crippen molar-refractivity contribution in [3.05, 3.63) is 0 Å². The highest BCUT2D eigenvalue weighted by molar-refractivity contribution is 5.73. The smallest absolute Gasteiger partial charge is 0.314 e. The molecule has 0 saturated carbocycles. The molecule has 1 fully saturated rings. The number of hydrogen-bond donors (Lipinski definition) is 2. The average Bonchev–Trinajstić information content (AvgIpc) is 2.72. The van der Waals surface area contributed by atoms with Crippen molar-refractivity contribution < 1.29 is 4.79 Å². The Morgan fingerprint density at radius 3 is 2.75 bits per heavy atom. The van der Waals surface area contributed by atoms with E-state index in [-0.39, 0.29) is 6.03 Å². The minimum absolute atomic E-state index is 0.0233. The molecule has 0 bridgehead atoms. The number of carbonyl (C=O) groups excluding carboxylic acids is 1. The van der Waals surface area contributed by atoms with Gasteiger partial charge in [-0.15, -0.1) is 0 Å². The third-order valence-electron chi connectivity index (χ3n) is 3.13. The molecule has 2 N–H and O–H groups in total. The average molecular weight is 227 g/mol. The molecule has 0 aromatic carbocycles. The van der Waals surface area contributed by atoms with Gasteiger partial charge in [-0.05, 0) is 39.2 Å². The number of rotatable bonds is 5. The predicted molar refractivity (Wildman–Crippen MR) is 66.5 cm³/mol. The van der Waals surface area contributed by atoms with Gasteiger partial charge in [0.2, 0.25) is 0 Å². The van der Waals surface area contributed by atoms with Crippen molar-refractivity contribution in [2.75, 3.05) is 26.2 Å². The number of urea groups is 1. The standard InChI is InChI=1S/C12H25N3O/c1-4-6-13-12(16)14-8-11-5-7-15(9-11)10(2)3/h10-11H,4-9H2,1-3H3,(H2,13,14,16). The van der Waals surface area contributed by atoms with Crippen LogP contribution in [0.15, 0.2) is 0 Å². The van der Waals surface area contributed by atoms with Crippen molar-refractivity contribution >= 4 is 6.03 Å². The molecule has 1 saturated heterocycles. The summed E-state index contributed by atoms with van der Waals surface area (Å²) in [7, 11) is 0. The van der Waals surface area contributed by atoms with Crippen LogP contribution in [-0.4, -0.2) is 43.2 Å². The molecule has 1 heterocycles. The highest BCUT2D eigenvalue weighted by atomic mass is 16.2. The molecule has 94 valence electrons. The molecule has 16 heavy (non-hydrogen) atoms. The van der Waals surface area contributed by atoms with Crippen LogP contribution in [0.3, 0.4) is 0 Å². The highest BCUT2D eigenvalue weighted by Gasteiger charge is 2.24. The molecule has 0 aliphatic carbocycles. The van der Waals surface area contributed by atoms with Crippen LogP contribution in [0.4, 0.5) is 4.79 Å². The van der Waals surface area contributed by atoms with Gasteiger partial charge >= 0.3 is 6.03 Å². The van der Waals surface area contributed by atoms with E-state index < -0.39 is 0 Å². The molecule has 1 aliphatic heterocycles. The third-order valence-corrected chi connectivity index (χ3v) is 3.13. The second-order valence-electron chi connectivity index (χ2n) is 4.88. The Bertz CT molecular complexity index is 218. The molecule has 4 nitrogen and oxygen atoms in total. The maximum Gasteiger partial charge on any atom is 0.314 e. The largest absolute Gasteiger partial charge is 0.338 e. The van der Waals surface area contributed by atoms with Crippen molar-refractivity contribution in [3.8, 4) is 0 Å². The number of nitrogens with one attached hydrogen (secondary N) is 2. The van der Waals surface area contributed by atoms with Crippen LogP contribution in [0.5, 0.6) is 0 Å². The first kappa shape index (κ1) is 13.3. The van der Waals surface area contributed by atoms with Crippen molar-refractivity contribution in [3.63, 3.8) is 0 Å². The van der Waals surface area contributed by atoms with Crippen LogP contribution < -0.4 is 10.6 Å². The molecule has 0 spiro atoms. The van der Waals surface area contributed by atoms with Crippen molar-refractivity contribution in [1.29, 1.82) is 0 Å². The molecule has 1 atom stereocenters. The number of carbonyl (C=O) groups is 1. The summed E-state index contributed by atoms with van der Waals surface area (Å²) in [6, 6.07) is 0.601. The summed E-state index contributed by atoms with van der Waals surface area (Å²) in [5.74, 6) is 0.620. The summed E-state index contributed by atoms with van der Waals surface area (Å²) < 4.78 is 0. The van der Waals surface area contributed by atoms with E-state index >= 15 is 0 Å². The number of hydrogen-bond acceptors (Lipinski definition) is 2. The van der Waals surface area contributed by atoms with E-state index in [4.69, 9.17) is 0 Å². The van der Waals surface area contributed by atoms with Gasteiger partial charge < -0.3 is 15.5 Å². The van der Waals surface area contributed by atoms with Gasteiger partial charge in [0.15, 0.2) is 0 Å². The third kappa shape index (κ3) is 4.39. The van der Waals surface area contributed by atoms with Crippen LogP contribution >= 0.6 is 0 Å². The lowest BCUT2D eigenvalue weighted by molar-refractivity contribution is 0.237. The van der Waals surface area contributed by atoms with E-state index in [1.54, 1.807) is 0 Å². The number of nitrogens with zero attached hydrogens (tertiary/aromatic N) is 1. The summed E-state index contributed by atoms with van der Waals surface area (Å²) in [6.45, 7) is 10.4. The minimum Gasteiger partial charge on any atom is -0.338 e. The van der Waals surface area contributed by atoms with Crippen molar-refractivity contribution in [2.24, 2.45) is 5.92 Å². The molecule has 1 unspecified atom stereocenters. The van der Waals surface area contributed by atoms with Crippen LogP contribution in [0.2, 0.25) is 0 Å². The first-order valence-corrected chi connectivity index (χ1v) is 6.39. The summed E-state index contributed by atoms with van der Waals surface area (Å²) in [5, 5.41) is 5.77. The van der Waals surface area contributed by atoms with Gasteiger partial charge in [-0.2, -0.15) is 0 Å². The van der Waals surface area contributed by atoms with Crippen molar-refractivity contribution in [2.45, 2.75) is 39.7 Å². The quantitative estimate of drug-likeness (QED) is 0.746. The molecule has 4 heteroatoms. The lowest BCUT2D eigenvalue weighted by atomic mass is 10.1. The van der Waals surface area contributed by atoms with Gasteiger partial charge in [-0.25, -0.2) is 4.79 Å². The Hall–Kier alpha value is -0.770. The SMILES string of the molecule is CCCNC(=O)NCC1CCN(C(C)C)C1. The topological polar surface area (TPSA) is 44.4 Å². The lowest BCUT2D eigenvalue weighted by Crippen LogP contribution is -2.39. The Balaban J connectivity index is 2.12. The summed E-state index contributed by atoms with van der Waals surface area (Å²) in [5.41, 5.74) is 0. The monoisotopic (exact) mass is 227 g/mol. The fourth-order valence-corrected chi connectivity index (χ4v) is 2.04. The maximum absolute atomic E-state index is 11.3. The van der Waals surface area contributed by atoms with Gasteiger partial charge in [0.25, 0.3) is 0 Å². The number of amides is 2. The van der Waals surface area contributed by atoms with Gasteiger partial charge in [0.1, 0.15) is 0 Å². The minimum atomic E-state index is -0.0233. The fourth-order valence-electron chi connectivity index (χ4n) is 2.04. The summed E-state index contributed by atoms with van der Waals surface area (Å²) in [4.78, 5) is 13.8. The fraction of sp³-hybridized carbons (Fsp3) is 0.917. The Morgan fingerprint density at radius 2 is 2.19 bits per heavy atom. The van der Waals surface area contributed by atoms with E-state index in [1.807, 2.05) is 0 Å². The van der Waals surface area contributed by atoms with Crippen LogP contribution in [-0.2, 0) is 0 Å². The second kappa shape index (κ2) is 6.74. The first-order valence-electron chi connectivity index (χ1n) is 6.39. The van der Waals surface area contributed by atoms with Gasteiger partial charge in [0.05, 0.1) is 0 Å². The van der Waals surface area contributed by atoms with Crippen LogP contribution in [0, 0.1) is 5.92 Å². The van der Waals surface area contributed by atoms with Crippen molar-refractivity contribution in [1.82, 2.24) is 15.5 Å². The Labute approximate surface area is 98.8 Å². The zero-order valence-electron chi connectivity index (χ0n) is 10.8. The summed E-state index contributed by atoms with van der Waals surface area (Å²) in [6.07, 6.45) is 2.18. The Morgan fingerprint density at radius 1 is 1.44 bits per heavy atom. The lowest BCUT2D eigenvalue weighted by Gasteiger charge is -2.20. The van der Waals surface area contributed by atoms with Gasteiger partial charge in [-0.3, -0.25) is 0 Å². The summed E-state index contributed by atoms with van der Waals surface area (Å²) >= 11 is 0. The predicted octanol–water partition coefficient (Wildman–Crippen LogP) is 1.43. The molecule has 0 radical (unpaired) electrons. The highest BCUT2D eigenvalue weighted by Crippen LogP contribution is 2.17. The van der Waals surface area contributed by atoms with E-state index in [0.717, 1.165) is 26.1 Å². The van der Waals surface area contributed by atoms with Crippen LogP contribution in [0.1, 0.15) is 33.6 Å². The normalized spacial score (nSPS) is 21.4. The van der Waals surface area contributed by atoms with E-state index in [0.29, 0.717) is 12.0 Å². The zero-order chi connectivity index (χ0) is 12.0. The Kier molecular flexibility index (Phi) is 5.60. The van der Waals surface area contributed by atoms with Gasteiger partial charge in [0, 0.05) is 25.7 Å². The molecular formula is C12H25N3O. The maximum atomic E-state index is 11.3. The van der Waals surface area contributed by atoms with Crippen LogP contribution in [0.25, 0.3) is 0 Å². The molecule has 1 aliphatic rings. The first-order chi connectivity index (χ1) is 7.63. The second-order valence-corrected chi connectivity index (χ2v) is 4.88. The molecule has 2 amide bonds. The number of likely N-dealkylation sites (tertiary alicyclic amines) is 1. The van der Waals surface area contributed by atoms with E-state index in [1.165, 1.54) is 13.0 Å². The van der Waals surface area contributed by atoms with E-state index in [2.05, 4.69) is 36.3 Å². The molecule has 0 aromatic rings. The molecule has 1 rings (SSSR count). The van der Waals surface area contributed by atoms with Gasteiger partial charge in [-0.1, -0.05) is 6.92 Å². The zero-order valence-corrected chi connectivity index (χ0v) is 10.8.